The Kier molecular flexibility index (Phi) is 9.67. The molecule has 0 saturated carbocycles. The fraction of sp³-hybridized carbons (Fsp3) is 0.542. The number of carbonyl (C=O) groups is 1. The van der Waals surface area contributed by atoms with Gasteiger partial charge in [-0.15, -0.1) is 5.10 Å². The molecule has 9 heteroatoms. The minimum Gasteiger partial charge on any atom is -0.493 e. The molecular formula is C24H33BrN4O3S. The number of hydrogen-bond donors (Lipinski definition) is 1. The van der Waals surface area contributed by atoms with E-state index in [1.54, 1.807) is 16.4 Å². The molecule has 33 heavy (non-hydrogen) atoms. The lowest BCUT2D eigenvalue weighted by Crippen LogP contribution is -2.30. The number of rotatable bonds is 12. The van der Waals surface area contributed by atoms with Gasteiger partial charge in [-0.25, -0.2) is 9.48 Å². The molecule has 0 radical (unpaired) electrons. The number of esters is 1. The Morgan fingerprint density at radius 2 is 1.97 bits per heavy atom. The monoisotopic (exact) mass is 536 g/mol. The lowest BCUT2D eigenvalue weighted by molar-refractivity contribution is -0.139. The van der Waals surface area contributed by atoms with Crippen molar-refractivity contribution >= 4 is 39.6 Å². The smallest absolute Gasteiger partial charge is 0.338 e. The number of halogens is 1. The minimum atomic E-state index is -0.507. The Bertz CT molecular complexity index is 992. The summed E-state index contributed by atoms with van der Waals surface area (Å²) >= 11 is 5.22. The van der Waals surface area contributed by atoms with Crippen LogP contribution >= 0.6 is 27.7 Å². The number of hydrogen-bond acceptors (Lipinski definition) is 7. The van der Waals surface area contributed by atoms with Crippen molar-refractivity contribution in [2.45, 2.75) is 71.0 Å². The van der Waals surface area contributed by atoms with Crippen molar-refractivity contribution in [2.24, 2.45) is 0 Å². The van der Waals surface area contributed by atoms with Gasteiger partial charge in [-0.3, -0.25) is 0 Å². The van der Waals surface area contributed by atoms with E-state index in [1.807, 2.05) is 25.1 Å². The topological polar surface area (TPSA) is 78.3 Å². The summed E-state index contributed by atoms with van der Waals surface area (Å²) < 4.78 is 14.4. The summed E-state index contributed by atoms with van der Waals surface area (Å²) in [5.41, 5.74) is 2.08. The highest BCUT2D eigenvalue weighted by atomic mass is 79.9. The van der Waals surface area contributed by atoms with Crippen LogP contribution in [0.3, 0.4) is 0 Å². The average Bonchev–Trinajstić information content (AvgIpc) is 3.19. The van der Waals surface area contributed by atoms with E-state index >= 15 is 0 Å². The molecule has 0 spiro atoms. The highest BCUT2D eigenvalue weighted by Gasteiger charge is 2.37. The quantitative estimate of drug-likeness (QED) is 0.192. The number of anilines is 1. The summed E-state index contributed by atoms with van der Waals surface area (Å²) in [5.74, 6) is 1.94. The van der Waals surface area contributed by atoms with Crippen molar-refractivity contribution in [3.05, 3.63) is 39.5 Å². The van der Waals surface area contributed by atoms with Gasteiger partial charge >= 0.3 is 5.97 Å². The molecule has 1 aromatic heterocycles. The first-order valence-electron chi connectivity index (χ1n) is 11.7. The molecular weight excluding hydrogens is 504 g/mol. The highest BCUT2D eigenvalue weighted by molar-refractivity contribution is 9.10. The van der Waals surface area contributed by atoms with Crippen molar-refractivity contribution in [1.82, 2.24) is 14.8 Å². The number of fused-ring (bicyclic) bond motifs is 1. The van der Waals surface area contributed by atoms with E-state index in [4.69, 9.17) is 19.6 Å². The Morgan fingerprint density at radius 3 is 2.70 bits per heavy atom. The fourth-order valence-corrected chi connectivity index (χ4v) is 4.81. The summed E-state index contributed by atoms with van der Waals surface area (Å²) in [6.45, 7) is 9.16. The minimum absolute atomic E-state index is 0.346. The molecule has 1 unspecified atom stereocenters. The molecule has 1 aliphatic heterocycles. The third-order valence-corrected chi connectivity index (χ3v) is 6.66. The van der Waals surface area contributed by atoms with Crippen molar-refractivity contribution < 1.29 is 14.3 Å². The predicted octanol–water partition coefficient (Wildman–Crippen LogP) is 6.35. The number of nitrogens with one attached hydrogen (secondary N) is 1. The molecule has 2 aromatic rings. The van der Waals surface area contributed by atoms with Crippen LogP contribution in [-0.4, -0.2) is 39.7 Å². The van der Waals surface area contributed by atoms with Crippen LogP contribution in [0.15, 0.2) is 39.1 Å². The zero-order valence-electron chi connectivity index (χ0n) is 19.8. The number of ether oxygens (including phenoxy) is 2. The molecule has 7 nitrogen and oxygen atoms in total. The van der Waals surface area contributed by atoms with Crippen molar-refractivity contribution in [1.29, 1.82) is 0 Å². The van der Waals surface area contributed by atoms with E-state index in [9.17, 15) is 4.79 Å². The normalized spacial score (nSPS) is 15.2. The van der Waals surface area contributed by atoms with E-state index < -0.39 is 6.04 Å². The molecule has 0 amide bonds. The van der Waals surface area contributed by atoms with Crippen LogP contribution in [0.25, 0.3) is 0 Å². The standard InChI is InChI=1S/C24H33BrN4O3S/c1-5-8-13-32-22(30)20-16(4)26-23-27-24(33-14-9-6-2)28-29(23)21(20)18-15-17(25)10-11-19(18)31-12-7-3/h10-11,15,21H,5-9,12-14H2,1-4H3,(H,26,27,28). The number of aromatic nitrogens is 3. The summed E-state index contributed by atoms with van der Waals surface area (Å²) in [7, 11) is 0. The highest BCUT2D eigenvalue weighted by Crippen LogP contribution is 2.41. The molecule has 180 valence electrons. The van der Waals surface area contributed by atoms with Gasteiger partial charge in [0.1, 0.15) is 11.8 Å². The summed E-state index contributed by atoms with van der Waals surface area (Å²) in [5, 5.41) is 8.75. The van der Waals surface area contributed by atoms with Crippen molar-refractivity contribution in [3.63, 3.8) is 0 Å². The number of carbonyl (C=O) groups excluding carboxylic acids is 1. The van der Waals surface area contributed by atoms with Crippen LogP contribution in [0.5, 0.6) is 5.75 Å². The maximum Gasteiger partial charge on any atom is 0.338 e. The van der Waals surface area contributed by atoms with Crippen molar-refractivity contribution in [3.8, 4) is 5.75 Å². The van der Waals surface area contributed by atoms with Gasteiger partial charge in [0.05, 0.1) is 18.8 Å². The molecule has 1 N–H and O–H groups in total. The fourth-order valence-electron chi connectivity index (χ4n) is 3.52. The summed E-state index contributed by atoms with van der Waals surface area (Å²) in [6, 6.07) is 5.36. The number of unbranched alkanes of at least 4 members (excludes halogenated alkanes) is 2. The van der Waals surface area contributed by atoms with E-state index in [-0.39, 0.29) is 5.97 Å². The van der Waals surface area contributed by atoms with Gasteiger partial charge < -0.3 is 14.8 Å². The van der Waals surface area contributed by atoms with Gasteiger partial charge in [-0.2, -0.15) is 4.98 Å². The van der Waals surface area contributed by atoms with Crippen molar-refractivity contribution in [2.75, 3.05) is 24.3 Å². The lowest BCUT2D eigenvalue weighted by atomic mass is 9.95. The van der Waals surface area contributed by atoms with Crippen LogP contribution in [0.4, 0.5) is 5.95 Å². The van der Waals surface area contributed by atoms with Gasteiger partial charge in [-0.1, -0.05) is 61.3 Å². The van der Waals surface area contributed by atoms with Gasteiger partial charge in [0.25, 0.3) is 0 Å². The molecule has 1 aliphatic rings. The van der Waals surface area contributed by atoms with Gasteiger partial charge in [0, 0.05) is 21.5 Å². The number of nitrogens with zero attached hydrogens (tertiary/aromatic N) is 3. The molecule has 3 rings (SSSR count). The maximum absolute atomic E-state index is 13.3. The first-order valence-corrected chi connectivity index (χ1v) is 13.4. The van der Waals surface area contributed by atoms with E-state index in [0.717, 1.165) is 53.6 Å². The Balaban J connectivity index is 2.07. The van der Waals surface area contributed by atoms with Crippen LogP contribution in [-0.2, 0) is 9.53 Å². The Hall–Kier alpha value is -2.00. The third kappa shape index (κ3) is 6.32. The maximum atomic E-state index is 13.3. The van der Waals surface area contributed by atoms with E-state index in [2.05, 4.69) is 42.0 Å². The lowest BCUT2D eigenvalue weighted by Gasteiger charge is -2.29. The number of allylic oxidation sites excluding steroid dienone is 1. The Labute approximate surface area is 208 Å². The zero-order chi connectivity index (χ0) is 23.8. The van der Waals surface area contributed by atoms with E-state index in [0.29, 0.717) is 35.6 Å². The first-order chi connectivity index (χ1) is 16.0. The SMILES string of the molecule is CCCCOC(=O)C1=C(C)Nc2nc(SCCCC)nn2C1c1cc(Br)ccc1OCCC. The average molecular weight is 538 g/mol. The van der Waals surface area contributed by atoms with Crippen LogP contribution < -0.4 is 10.1 Å². The molecule has 1 aromatic carbocycles. The predicted molar refractivity (Wildman–Crippen MR) is 136 cm³/mol. The molecule has 2 heterocycles. The summed E-state index contributed by atoms with van der Waals surface area (Å²) in [6.07, 6.45) is 4.88. The molecule has 0 bridgehead atoms. The molecule has 0 aliphatic carbocycles. The molecule has 0 fully saturated rings. The van der Waals surface area contributed by atoms with Crippen LogP contribution in [0.1, 0.15) is 71.4 Å². The van der Waals surface area contributed by atoms with Crippen LogP contribution in [0.2, 0.25) is 0 Å². The molecule has 0 saturated heterocycles. The first kappa shape index (κ1) is 25.6. The Morgan fingerprint density at radius 1 is 1.18 bits per heavy atom. The van der Waals surface area contributed by atoms with Gasteiger partial charge in [0.2, 0.25) is 11.1 Å². The van der Waals surface area contributed by atoms with Crippen LogP contribution in [0, 0.1) is 0 Å². The second-order valence-corrected chi connectivity index (χ2v) is 9.93. The second kappa shape index (κ2) is 12.5. The van der Waals surface area contributed by atoms with Gasteiger partial charge in [-0.05, 0) is 44.4 Å². The molecule has 1 atom stereocenters. The van der Waals surface area contributed by atoms with E-state index in [1.165, 1.54) is 0 Å². The third-order valence-electron chi connectivity index (χ3n) is 5.24. The number of thioether (sulfide) groups is 1. The van der Waals surface area contributed by atoms with Gasteiger partial charge in [0.15, 0.2) is 0 Å². The number of benzene rings is 1. The largest absolute Gasteiger partial charge is 0.493 e. The second-order valence-electron chi connectivity index (χ2n) is 7.95. The zero-order valence-corrected chi connectivity index (χ0v) is 22.2. The summed E-state index contributed by atoms with van der Waals surface area (Å²) in [4.78, 5) is 18.0.